The molecule has 0 saturated heterocycles. The molecule has 52 valence electrons. The third-order valence-corrected chi connectivity index (χ3v) is 0.970. The number of nitrogens with one attached hydrogen (secondary N) is 1. The van der Waals surface area contributed by atoms with Crippen LogP contribution in [0.2, 0.25) is 0 Å². The van der Waals surface area contributed by atoms with E-state index in [0.29, 0.717) is 0 Å². The minimum absolute atomic E-state index is 0.00741. The first-order valence-electron chi connectivity index (χ1n) is 2.72. The first kappa shape index (κ1) is 8.14. The van der Waals surface area contributed by atoms with Gasteiger partial charge in [-0.05, 0) is 13.0 Å². The minimum Gasteiger partial charge on any atom is -0.387 e. The van der Waals surface area contributed by atoms with E-state index in [1.807, 2.05) is 0 Å². The highest BCUT2D eigenvalue weighted by atomic mass is 19.1. The monoisotopic (exact) mass is 130 g/mol. The van der Waals surface area contributed by atoms with Crippen molar-refractivity contribution in [3.05, 3.63) is 11.9 Å². The van der Waals surface area contributed by atoms with Gasteiger partial charge in [0.05, 0.1) is 11.7 Å². The summed E-state index contributed by atoms with van der Waals surface area (Å²) in [6, 6.07) is 0. The quantitative estimate of drug-likeness (QED) is 0.431. The maximum Gasteiger partial charge on any atom is 0.0973 e. The summed E-state index contributed by atoms with van der Waals surface area (Å²) in [5.41, 5.74) is 5.06. The van der Waals surface area contributed by atoms with Crippen molar-refractivity contribution in [2.45, 2.75) is 13.8 Å². The number of nitrogens with two attached hydrogens (primary N) is 1. The molecule has 3 N–H and O–H groups in total. The molecule has 0 aromatic heterocycles. The van der Waals surface area contributed by atoms with Crippen molar-refractivity contribution in [2.24, 2.45) is 11.7 Å². The van der Waals surface area contributed by atoms with Gasteiger partial charge in [-0.1, -0.05) is 6.92 Å². The zero-order chi connectivity index (χ0) is 7.44. The smallest absolute Gasteiger partial charge is 0.0973 e. The van der Waals surface area contributed by atoms with Crippen LogP contribution in [0.1, 0.15) is 13.8 Å². The average Bonchev–Trinajstić information content (AvgIpc) is 1.63. The number of hydrogen-bond donors (Lipinski definition) is 2. The Morgan fingerprint density at radius 1 is 1.78 bits per heavy atom. The van der Waals surface area contributed by atoms with Crippen molar-refractivity contribution in [1.29, 1.82) is 5.41 Å². The van der Waals surface area contributed by atoms with Gasteiger partial charge in [0, 0.05) is 5.92 Å². The van der Waals surface area contributed by atoms with E-state index < -0.39 is 0 Å². The molecule has 0 aliphatic carbocycles. The molecule has 2 nitrogen and oxygen atoms in total. The van der Waals surface area contributed by atoms with Crippen molar-refractivity contribution in [3.8, 4) is 0 Å². The van der Waals surface area contributed by atoms with E-state index in [2.05, 4.69) is 0 Å². The van der Waals surface area contributed by atoms with Crippen molar-refractivity contribution in [2.75, 3.05) is 0 Å². The summed E-state index contributed by atoms with van der Waals surface area (Å²) < 4.78 is 12.0. The minimum atomic E-state index is -0.294. The molecule has 1 unspecified atom stereocenters. The van der Waals surface area contributed by atoms with Crippen molar-refractivity contribution in [1.82, 2.24) is 0 Å². The molecule has 3 heteroatoms. The van der Waals surface area contributed by atoms with Gasteiger partial charge in [0.25, 0.3) is 0 Å². The van der Waals surface area contributed by atoms with E-state index in [0.717, 1.165) is 0 Å². The zero-order valence-electron chi connectivity index (χ0n) is 5.61. The van der Waals surface area contributed by atoms with Gasteiger partial charge in [-0.3, -0.25) is 5.41 Å². The van der Waals surface area contributed by atoms with Gasteiger partial charge in [0.15, 0.2) is 0 Å². The molecule has 0 saturated carbocycles. The van der Waals surface area contributed by atoms with Crippen LogP contribution in [-0.2, 0) is 0 Å². The third kappa shape index (κ3) is 3.70. The number of halogens is 1. The molecular formula is C6H11FN2. The molecule has 0 heterocycles. The molecule has 0 aromatic rings. The lowest BCUT2D eigenvalue weighted by Crippen LogP contribution is -2.17. The van der Waals surface area contributed by atoms with Gasteiger partial charge in [-0.2, -0.15) is 0 Å². The lowest BCUT2D eigenvalue weighted by Gasteiger charge is -2.00. The standard InChI is InChI=1S/C6H11FN2/c1-4(6(8)9)3-5(2)7/h3-4H,1-2H3,(H3,8,9)/b5-3+. The Labute approximate surface area is 54.1 Å². The first-order chi connectivity index (χ1) is 4.04. The summed E-state index contributed by atoms with van der Waals surface area (Å²) in [4.78, 5) is 0. The van der Waals surface area contributed by atoms with Gasteiger partial charge in [0.2, 0.25) is 0 Å². The topological polar surface area (TPSA) is 49.9 Å². The van der Waals surface area contributed by atoms with Gasteiger partial charge in [0.1, 0.15) is 0 Å². The Kier molecular flexibility index (Phi) is 2.91. The van der Waals surface area contributed by atoms with E-state index >= 15 is 0 Å². The largest absolute Gasteiger partial charge is 0.387 e. The van der Waals surface area contributed by atoms with Gasteiger partial charge < -0.3 is 5.73 Å². The Bertz CT molecular complexity index is 136. The van der Waals surface area contributed by atoms with Crippen LogP contribution >= 0.6 is 0 Å². The van der Waals surface area contributed by atoms with Crippen LogP contribution in [0.4, 0.5) is 4.39 Å². The Hall–Kier alpha value is -0.860. The molecule has 0 rings (SSSR count). The van der Waals surface area contributed by atoms with Crippen LogP contribution in [0.15, 0.2) is 11.9 Å². The van der Waals surface area contributed by atoms with Crippen molar-refractivity contribution < 1.29 is 4.39 Å². The lowest BCUT2D eigenvalue weighted by atomic mass is 10.1. The van der Waals surface area contributed by atoms with E-state index in [1.165, 1.54) is 13.0 Å². The molecule has 1 atom stereocenters. The average molecular weight is 130 g/mol. The molecule has 9 heavy (non-hydrogen) atoms. The predicted octanol–water partition coefficient (Wildman–Crippen LogP) is 1.43. The highest BCUT2D eigenvalue weighted by molar-refractivity contribution is 5.80. The fourth-order valence-electron chi connectivity index (χ4n) is 0.434. The van der Waals surface area contributed by atoms with Crippen LogP contribution in [0.3, 0.4) is 0 Å². The number of rotatable bonds is 2. The molecular weight excluding hydrogens is 119 g/mol. The predicted molar refractivity (Wildman–Crippen MR) is 35.9 cm³/mol. The third-order valence-electron chi connectivity index (χ3n) is 0.970. The molecule has 0 amide bonds. The normalized spacial score (nSPS) is 15.2. The summed E-state index contributed by atoms with van der Waals surface area (Å²) in [6.45, 7) is 3.00. The van der Waals surface area contributed by atoms with Crippen LogP contribution in [-0.4, -0.2) is 5.84 Å². The number of amidine groups is 1. The maximum absolute atomic E-state index is 12.0. The summed E-state index contributed by atoms with van der Waals surface area (Å²) in [6.07, 6.45) is 1.31. The summed E-state index contributed by atoms with van der Waals surface area (Å²) in [7, 11) is 0. The fourth-order valence-corrected chi connectivity index (χ4v) is 0.434. The molecule has 0 bridgehead atoms. The molecule has 0 spiro atoms. The van der Waals surface area contributed by atoms with Gasteiger partial charge in [-0.25, -0.2) is 4.39 Å². The Balaban J connectivity index is 3.91. The Morgan fingerprint density at radius 2 is 2.22 bits per heavy atom. The van der Waals surface area contributed by atoms with E-state index in [-0.39, 0.29) is 17.6 Å². The zero-order valence-corrected chi connectivity index (χ0v) is 5.61. The van der Waals surface area contributed by atoms with Gasteiger partial charge in [-0.15, -0.1) is 0 Å². The molecule has 0 aliphatic heterocycles. The summed E-state index contributed by atoms with van der Waals surface area (Å²) in [5.74, 6) is -0.584. The SMILES string of the molecule is C/C(F)=C\C(C)C(=N)N. The molecule has 0 fully saturated rings. The Morgan fingerprint density at radius 3 is 2.33 bits per heavy atom. The van der Waals surface area contributed by atoms with Crippen LogP contribution in [0.25, 0.3) is 0 Å². The fraction of sp³-hybridized carbons (Fsp3) is 0.500. The second-order valence-corrected chi connectivity index (χ2v) is 2.00. The second-order valence-electron chi connectivity index (χ2n) is 2.00. The van der Waals surface area contributed by atoms with E-state index in [4.69, 9.17) is 11.1 Å². The van der Waals surface area contributed by atoms with E-state index in [1.54, 1.807) is 6.92 Å². The molecule has 0 aromatic carbocycles. The molecule has 0 radical (unpaired) electrons. The first-order valence-corrected chi connectivity index (χ1v) is 2.72. The van der Waals surface area contributed by atoms with Crippen LogP contribution < -0.4 is 5.73 Å². The lowest BCUT2D eigenvalue weighted by molar-refractivity contribution is 0.628. The van der Waals surface area contributed by atoms with Crippen LogP contribution in [0, 0.1) is 11.3 Å². The van der Waals surface area contributed by atoms with Crippen molar-refractivity contribution in [3.63, 3.8) is 0 Å². The summed E-state index contributed by atoms with van der Waals surface area (Å²) in [5, 5.41) is 6.86. The highest BCUT2D eigenvalue weighted by Gasteiger charge is 1.99. The van der Waals surface area contributed by atoms with Crippen LogP contribution in [0.5, 0.6) is 0 Å². The molecule has 0 aliphatic rings. The second kappa shape index (κ2) is 3.22. The number of allylic oxidation sites excluding steroid dienone is 1. The van der Waals surface area contributed by atoms with Crippen molar-refractivity contribution >= 4 is 5.84 Å². The van der Waals surface area contributed by atoms with Gasteiger partial charge >= 0.3 is 0 Å². The number of hydrogen-bond acceptors (Lipinski definition) is 1. The van der Waals surface area contributed by atoms with E-state index in [9.17, 15) is 4.39 Å². The highest BCUT2D eigenvalue weighted by Crippen LogP contribution is 2.01. The maximum atomic E-state index is 12.0. The summed E-state index contributed by atoms with van der Waals surface area (Å²) >= 11 is 0.